The highest BCUT2D eigenvalue weighted by atomic mass is 16.5. The van der Waals surface area contributed by atoms with Crippen molar-refractivity contribution in [3.63, 3.8) is 0 Å². The molecular weight excluding hydrogens is 374 g/mol. The van der Waals surface area contributed by atoms with E-state index in [0.717, 1.165) is 11.3 Å². The second kappa shape index (κ2) is 9.54. The molecule has 0 saturated heterocycles. The molecule has 2 aromatic carbocycles. The molecule has 1 N–H and O–H groups in total. The van der Waals surface area contributed by atoms with Gasteiger partial charge in [0, 0.05) is 5.56 Å². The average molecular weight is 397 g/mol. The van der Waals surface area contributed by atoms with Crippen molar-refractivity contribution in [2.75, 3.05) is 27.4 Å². The van der Waals surface area contributed by atoms with Gasteiger partial charge in [-0.1, -0.05) is 12.1 Å². The SMILES string of the molecule is COc1ccc(-c2nnn(CC(=O)NCCOc3cccc(C)c3)n2)cc1OC. The fourth-order valence-corrected chi connectivity index (χ4v) is 2.65. The van der Waals surface area contributed by atoms with E-state index in [-0.39, 0.29) is 12.5 Å². The molecule has 0 spiro atoms. The number of aromatic nitrogens is 4. The third-order valence-electron chi connectivity index (χ3n) is 4.06. The van der Waals surface area contributed by atoms with E-state index < -0.39 is 0 Å². The number of nitrogens with zero attached hydrogens (tertiary/aromatic N) is 4. The van der Waals surface area contributed by atoms with Gasteiger partial charge < -0.3 is 19.5 Å². The van der Waals surface area contributed by atoms with Gasteiger partial charge in [0.15, 0.2) is 11.5 Å². The zero-order valence-electron chi connectivity index (χ0n) is 16.6. The number of methoxy groups -OCH3 is 2. The highest BCUT2D eigenvalue weighted by molar-refractivity contribution is 5.75. The molecule has 0 aliphatic carbocycles. The van der Waals surface area contributed by atoms with Gasteiger partial charge in [-0.05, 0) is 48.0 Å². The van der Waals surface area contributed by atoms with Crippen LogP contribution in [0.4, 0.5) is 0 Å². The van der Waals surface area contributed by atoms with Crippen molar-refractivity contribution in [2.24, 2.45) is 0 Å². The Hall–Kier alpha value is -3.62. The van der Waals surface area contributed by atoms with Crippen LogP contribution in [-0.2, 0) is 11.3 Å². The minimum absolute atomic E-state index is 0.0370. The molecule has 1 amide bonds. The van der Waals surface area contributed by atoms with Crippen LogP contribution in [0.5, 0.6) is 17.2 Å². The van der Waals surface area contributed by atoms with Gasteiger partial charge in [-0.25, -0.2) is 0 Å². The van der Waals surface area contributed by atoms with Crippen LogP contribution < -0.4 is 19.5 Å². The highest BCUT2D eigenvalue weighted by Gasteiger charge is 2.12. The normalized spacial score (nSPS) is 10.4. The third kappa shape index (κ3) is 5.44. The lowest BCUT2D eigenvalue weighted by molar-refractivity contribution is -0.122. The van der Waals surface area contributed by atoms with Crippen molar-refractivity contribution in [3.8, 4) is 28.6 Å². The smallest absolute Gasteiger partial charge is 0.243 e. The van der Waals surface area contributed by atoms with Gasteiger partial charge in [0.2, 0.25) is 11.7 Å². The summed E-state index contributed by atoms with van der Waals surface area (Å²) in [4.78, 5) is 13.3. The molecule has 0 atom stereocenters. The largest absolute Gasteiger partial charge is 0.493 e. The molecule has 0 bridgehead atoms. The third-order valence-corrected chi connectivity index (χ3v) is 4.06. The van der Waals surface area contributed by atoms with Gasteiger partial charge in [-0.2, -0.15) is 4.80 Å². The zero-order valence-corrected chi connectivity index (χ0v) is 16.6. The molecule has 152 valence electrons. The standard InChI is InChI=1S/C20H23N5O4/c1-14-5-4-6-16(11-14)29-10-9-21-19(26)13-25-23-20(22-24-25)15-7-8-17(27-2)18(12-15)28-3/h4-8,11-12H,9-10,13H2,1-3H3,(H,21,26). The van der Waals surface area contributed by atoms with E-state index in [9.17, 15) is 4.79 Å². The number of hydrogen-bond donors (Lipinski definition) is 1. The highest BCUT2D eigenvalue weighted by Crippen LogP contribution is 2.30. The number of hydrogen-bond acceptors (Lipinski definition) is 7. The summed E-state index contributed by atoms with van der Waals surface area (Å²) < 4.78 is 16.1. The van der Waals surface area contributed by atoms with E-state index in [4.69, 9.17) is 14.2 Å². The predicted molar refractivity (Wildman–Crippen MR) is 106 cm³/mol. The van der Waals surface area contributed by atoms with Crippen molar-refractivity contribution in [2.45, 2.75) is 13.5 Å². The minimum atomic E-state index is -0.228. The van der Waals surface area contributed by atoms with Crippen molar-refractivity contribution in [1.82, 2.24) is 25.5 Å². The van der Waals surface area contributed by atoms with Gasteiger partial charge in [0.05, 0.1) is 20.8 Å². The molecule has 0 aliphatic heterocycles. The van der Waals surface area contributed by atoms with Gasteiger partial charge in [0.25, 0.3) is 0 Å². The number of tetrazole rings is 1. The molecule has 9 heteroatoms. The van der Waals surface area contributed by atoms with Crippen molar-refractivity contribution in [1.29, 1.82) is 0 Å². The molecule has 0 fully saturated rings. The maximum Gasteiger partial charge on any atom is 0.243 e. The van der Waals surface area contributed by atoms with E-state index in [1.807, 2.05) is 31.2 Å². The first kappa shape index (κ1) is 20.1. The summed E-state index contributed by atoms with van der Waals surface area (Å²) in [6.07, 6.45) is 0. The van der Waals surface area contributed by atoms with Gasteiger partial charge in [-0.3, -0.25) is 4.79 Å². The summed E-state index contributed by atoms with van der Waals surface area (Å²) in [6.45, 7) is 2.71. The fourth-order valence-electron chi connectivity index (χ4n) is 2.65. The van der Waals surface area contributed by atoms with Crippen molar-refractivity contribution >= 4 is 5.91 Å². The topological polar surface area (TPSA) is 100 Å². The maximum absolute atomic E-state index is 12.1. The summed E-state index contributed by atoms with van der Waals surface area (Å²) in [5.74, 6) is 2.11. The number of carbonyl (C=O) groups is 1. The van der Waals surface area contributed by atoms with E-state index in [2.05, 4.69) is 20.7 Å². The van der Waals surface area contributed by atoms with E-state index in [1.165, 1.54) is 4.80 Å². The molecular formula is C20H23N5O4. The fraction of sp³-hybridized carbons (Fsp3) is 0.300. The first-order valence-corrected chi connectivity index (χ1v) is 9.05. The molecule has 1 aromatic heterocycles. The second-order valence-corrected chi connectivity index (χ2v) is 6.23. The number of benzene rings is 2. The Labute approximate surface area is 168 Å². The number of nitrogens with one attached hydrogen (secondary N) is 1. The van der Waals surface area contributed by atoms with Gasteiger partial charge in [-0.15, -0.1) is 10.2 Å². The summed E-state index contributed by atoms with van der Waals surface area (Å²) in [7, 11) is 3.12. The van der Waals surface area contributed by atoms with E-state index in [0.29, 0.717) is 36.0 Å². The van der Waals surface area contributed by atoms with Crippen LogP contribution in [0.2, 0.25) is 0 Å². The summed E-state index contributed by atoms with van der Waals surface area (Å²) >= 11 is 0. The lowest BCUT2D eigenvalue weighted by Gasteiger charge is -2.08. The van der Waals surface area contributed by atoms with Crippen LogP contribution in [0.25, 0.3) is 11.4 Å². The van der Waals surface area contributed by atoms with Crippen LogP contribution in [-0.4, -0.2) is 53.5 Å². The molecule has 3 rings (SSSR count). The molecule has 0 saturated carbocycles. The lowest BCUT2D eigenvalue weighted by atomic mass is 10.2. The summed E-state index contributed by atoms with van der Waals surface area (Å²) in [6, 6.07) is 13.1. The molecule has 0 unspecified atom stereocenters. The Morgan fingerprint density at radius 3 is 2.69 bits per heavy atom. The first-order chi connectivity index (χ1) is 14.1. The van der Waals surface area contributed by atoms with E-state index in [1.54, 1.807) is 32.4 Å². The van der Waals surface area contributed by atoms with Crippen LogP contribution >= 0.6 is 0 Å². The zero-order chi connectivity index (χ0) is 20.6. The molecule has 1 heterocycles. The van der Waals surface area contributed by atoms with Crippen molar-refractivity contribution < 1.29 is 19.0 Å². The van der Waals surface area contributed by atoms with Crippen LogP contribution in [0.3, 0.4) is 0 Å². The Morgan fingerprint density at radius 2 is 1.93 bits per heavy atom. The second-order valence-electron chi connectivity index (χ2n) is 6.23. The Kier molecular flexibility index (Phi) is 6.62. The van der Waals surface area contributed by atoms with Crippen LogP contribution in [0, 0.1) is 6.92 Å². The number of carbonyl (C=O) groups excluding carboxylic acids is 1. The Morgan fingerprint density at radius 1 is 1.10 bits per heavy atom. The quantitative estimate of drug-likeness (QED) is 0.550. The molecule has 9 nitrogen and oxygen atoms in total. The minimum Gasteiger partial charge on any atom is -0.493 e. The average Bonchev–Trinajstić information content (AvgIpc) is 3.19. The molecule has 29 heavy (non-hydrogen) atoms. The van der Waals surface area contributed by atoms with Gasteiger partial charge >= 0.3 is 0 Å². The number of aryl methyl sites for hydroxylation is 1. The first-order valence-electron chi connectivity index (χ1n) is 9.05. The summed E-state index contributed by atoms with van der Waals surface area (Å²) in [5, 5.41) is 14.9. The molecule has 3 aromatic rings. The Bertz CT molecular complexity index is 973. The number of amides is 1. The van der Waals surface area contributed by atoms with Crippen LogP contribution in [0.1, 0.15) is 5.56 Å². The monoisotopic (exact) mass is 397 g/mol. The lowest BCUT2D eigenvalue weighted by Crippen LogP contribution is -2.31. The summed E-state index contributed by atoms with van der Waals surface area (Å²) in [5.41, 5.74) is 1.83. The maximum atomic E-state index is 12.1. The number of rotatable bonds is 9. The number of ether oxygens (including phenoxy) is 3. The molecule has 0 aliphatic rings. The predicted octanol–water partition coefficient (Wildman–Crippen LogP) is 1.86. The molecule has 0 radical (unpaired) electrons. The van der Waals surface area contributed by atoms with Gasteiger partial charge in [0.1, 0.15) is 18.9 Å². The van der Waals surface area contributed by atoms with Crippen molar-refractivity contribution in [3.05, 3.63) is 48.0 Å². The van der Waals surface area contributed by atoms with E-state index >= 15 is 0 Å². The Balaban J connectivity index is 1.50. The van der Waals surface area contributed by atoms with Crippen LogP contribution in [0.15, 0.2) is 42.5 Å².